The second-order valence-corrected chi connectivity index (χ2v) is 7.13. The van der Waals surface area contributed by atoms with Crippen molar-refractivity contribution in [3.8, 4) is 11.5 Å². The number of benzene rings is 1. The predicted molar refractivity (Wildman–Crippen MR) is 86.6 cm³/mol. The Morgan fingerprint density at radius 1 is 1.26 bits per heavy atom. The predicted octanol–water partition coefficient (Wildman–Crippen LogP) is 0.703. The summed E-state index contributed by atoms with van der Waals surface area (Å²) < 4.78 is 43.5. The molecule has 0 aromatic heterocycles. The monoisotopic (exact) mass is 344 g/mol. The standard InChI is InChI=1S/C15H24N2O5S/c1-12(11-17-6-8-22-9-7-17)16-23(18,19)15-10-13(20-2)4-5-14(15)21-3/h4-5,10,12,16H,6-9,11H2,1-3H3. The smallest absolute Gasteiger partial charge is 0.244 e. The Kier molecular flexibility index (Phi) is 6.23. The van der Waals surface area contributed by atoms with Crippen LogP contribution in [0.4, 0.5) is 0 Å². The quantitative estimate of drug-likeness (QED) is 0.785. The molecule has 1 heterocycles. The topological polar surface area (TPSA) is 77.1 Å². The van der Waals surface area contributed by atoms with Crippen LogP contribution in [0.1, 0.15) is 6.92 Å². The molecule has 2 rings (SSSR count). The van der Waals surface area contributed by atoms with Crippen molar-refractivity contribution in [2.75, 3.05) is 47.1 Å². The van der Waals surface area contributed by atoms with Crippen LogP contribution in [0.5, 0.6) is 11.5 Å². The van der Waals surface area contributed by atoms with E-state index in [1.165, 1.54) is 20.3 Å². The summed E-state index contributed by atoms with van der Waals surface area (Å²) in [6.45, 7) is 5.48. The molecule has 1 aliphatic rings. The first-order chi connectivity index (χ1) is 11.0. The molecule has 1 unspecified atom stereocenters. The normalized spacial score (nSPS) is 17.7. The fourth-order valence-electron chi connectivity index (χ4n) is 2.53. The lowest BCUT2D eigenvalue weighted by Crippen LogP contribution is -2.45. The van der Waals surface area contributed by atoms with Gasteiger partial charge in [-0.15, -0.1) is 0 Å². The highest BCUT2D eigenvalue weighted by molar-refractivity contribution is 7.89. The van der Waals surface area contributed by atoms with E-state index in [0.717, 1.165) is 13.1 Å². The zero-order chi connectivity index (χ0) is 16.9. The van der Waals surface area contributed by atoms with Gasteiger partial charge in [0, 0.05) is 31.7 Å². The number of morpholine rings is 1. The van der Waals surface area contributed by atoms with Gasteiger partial charge in [0.05, 0.1) is 27.4 Å². The number of rotatable bonds is 7. The molecular weight excluding hydrogens is 320 g/mol. The Morgan fingerprint density at radius 2 is 1.96 bits per heavy atom. The van der Waals surface area contributed by atoms with Gasteiger partial charge in [0.1, 0.15) is 16.4 Å². The maximum atomic E-state index is 12.6. The van der Waals surface area contributed by atoms with Gasteiger partial charge in [-0.05, 0) is 19.1 Å². The second kappa shape index (κ2) is 7.96. The molecular formula is C15H24N2O5S. The fourth-order valence-corrected chi connectivity index (χ4v) is 3.95. The first-order valence-electron chi connectivity index (χ1n) is 7.50. The number of ether oxygens (including phenoxy) is 3. The van der Waals surface area contributed by atoms with E-state index in [4.69, 9.17) is 14.2 Å². The third-order valence-electron chi connectivity index (χ3n) is 3.65. The second-order valence-electron chi connectivity index (χ2n) is 5.45. The molecule has 7 nitrogen and oxygen atoms in total. The molecule has 1 fully saturated rings. The summed E-state index contributed by atoms with van der Waals surface area (Å²) >= 11 is 0. The maximum absolute atomic E-state index is 12.6. The van der Waals surface area contributed by atoms with Gasteiger partial charge >= 0.3 is 0 Å². The van der Waals surface area contributed by atoms with E-state index in [2.05, 4.69) is 9.62 Å². The van der Waals surface area contributed by atoms with Crippen LogP contribution in [-0.4, -0.2) is 66.4 Å². The molecule has 0 amide bonds. The maximum Gasteiger partial charge on any atom is 0.244 e. The molecule has 23 heavy (non-hydrogen) atoms. The number of nitrogens with zero attached hydrogens (tertiary/aromatic N) is 1. The molecule has 0 bridgehead atoms. The summed E-state index contributed by atoms with van der Waals surface area (Å²) in [6.07, 6.45) is 0. The molecule has 1 aliphatic heterocycles. The van der Waals surface area contributed by atoms with Crippen molar-refractivity contribution in [2.45, 2.75) is 17.9 Å². The third-order valence-corrected chi connectivity index (χ3v) is 5.26. The summed E-state index contributed by atoms with van der Waals surface area (Å²) in [6, 6.07) is 4.48. The number of sulfonamides is 1. The highest BCUT2D eigenvalue weighted by Crippen LogP contribution is 2.28. The zero-order valence-corrected chi connectivity index (χ0v) is 14.6. The van der Waals surface area contributed by atoms with E-state index < -0.39 is 10.0 Å². The Bertz CT molecular complexity index is 614. The van der Waals surface area contributed by atoms with E-state index in [9.17, 15) is 8.42 Å². The molecule has 0 radical (unpaired) electrons. The van der Waals surface area contributed by atoms with Crippen molar-refractivity contribution >= 4 is 10.0 Å². The van der Waals surface area contributed by atoms with Crippen molar-refractivity contribution in [3.05, 3.63) is 18.2 Å². The number of hydrogen-bond acceptors (Lipinski definition) is 6. The minimum Gasteiger partial charge on any atom is -0.497 e. The van der Waals surface area contributed by atoms with Crippen LogP contribution in [0.2, 0.25) is 0 Å². The Morgan fingerprint density at radius 3 is 2.57 bits per heavy atom. The lowest BCUT2D eigenvalue weighted by Gasteiger charge is -2.29. The van der Waals surface area contributed by atoms with Crippen molar-refractivity contribution in [3.63, 3.8) is 0 Å². The summed E-state index contributed by atoms with van der Waals surface area (Å²) in [5, 5.41) is 0. The molecule has 1 aromatic carbocycles. The van der Waals surface area contributed by atoms with E-state index in [-0.39, 0.29) is 16.7 Å². The zero-order valence-electron chi connectivity index (χ0n) is 13.7. The van der Waals surface area contributed by atoms with Crippen LogP contribution in [-0.2, 0) is 14.8 Å². The third kappa shape index (κ3) is 4.81. The number of nitrogens with one attached hydrogen (secondary N) is 1. The van der Waals surface area contributed by atoms with Gasteiger partial charge in [-0.2, -0.15) is 0 Å². The van der Waals surface area contributed by atoms with E-state index in [1.54, 1.807) is 12.1 Å². The lowest BCUT2D eigenvalue weighted by molar-refractivity contribution is 0.0354. The van der Waals surface area contributed by atoms with Crippen LogP contribution in [0.15, 0.2) is 23.1 Å². The molecule has 0 saturated carbocycles. The molecule has 1 atom stereocenters. The van der Waals surface area contributed by atoms with Gasteiger partial charge < -0.3 is 14.2 Å². The van der Waals surface area contributed by atoms with Crippen LogP contribution < -0.4 is 14.2 Å². The van der Waals surface area contributed by atoms with Gasteiger partial charge in [-0.3, -0.25) is 4.90 Å². The lowest BCUT2D eigenvalue weighted by atomic mass is 10.3. The Labute approximate surface area is 137 Å². The first-order valence-corrected chi connectivity index (χ1v) is 8.99. The Hall–Kier alpha value is -1.35. The van der Waals surface area contributed by atoms with Gasteiger partial charge in [0.15, 0.2) is 0 Å². The molecule has 1 N–H and O–H groups in total. The van der Waals surface area contributed by atoms with Gasteiger partial charge in [0.2, 0.25) is 10.0 Å². The Balaban J connectivity index is 2.11. The van der Waals surface area contributed by atoms with Crippen LogP contribution in [0, 0.1) is 0 Å². The SMILES string of the molecule is COc1ccc(OC)c(S(=O)(=O)NC(C)CN2CCOCC2)c1. The number of methoxy groups -OCH3 is 2. The average Bonchev–Trinajstić information content (AvgIpc) is 2.54. The van der Waals surface area contributed by atoms with Gasteiger partial charge in [0.25, 0.3) is 0 Å². The minimum absolute atomic E-state index is 0.0770. The highest BCUT2D eigenvalue weighted by atomic mass is 32.2. The van der Waals surface area contributed by atoms with Crippen LogP contribution >= 0.6 is 0 Å². The van der Waals surface area contributed by atoms with Crippen LogP contribution in [0.25, 0.3) is 0 Å². The summed E-state index contributed by atoms with van der Waals surface area (Å²) in [5.41, 5.74) is 0. The number of hydrogen-bond donors (Lipinski definition) is 1. The first kappa shape index (κ1) is 18.0. The van der Waals surface area contributed by atoms with Gasteiger partial charge in [-0.25, -0.2) is 13.1 Å². The highest BCUT2D eigenvalue weighted by Gasteiger charge is 2.24. The van der Waals surface area contributed by atoms with E-state index in [0.29, 0.717) is 25.5 Å². The molecule has 0 spiro atoms. The molecule has 8 heteroatoms. The fraction of sp³-hybridized carbons (Fsp3) is 0.600. The molecule has 130 valence electrons. The van der Waals surface area contributed by atoms with Gasteiger partial charge in [-0.1, -0.05) is 0 Å². The van der Waals surface area contributed by atoms with Crippen LogP contribution in [0.3, 0.4) is 0 Å². The average molecular weight is 344 g/mol. The largest absolute Gasteiger partial charge is 0.497 e. The summed E-state index contributed by atoms with van der Waals surface area (Å²) in [7, 11) is -0.763. The van der Waals surface area contributed by atoms with E-state index >= 15 is 0 Å². The van der Waals surface area contributed by atoms with Crippen molar-refractivity contribution < 1.29 is 22.6 Å². The molecule has 1 aromatic rings. The summed E-state index contributed by atoms with van der Waals surface area (Å²) in [5.74, 6) is 0.754. The van der Waals surface area contributed by atoms with Crippen molar-refractivity contribution in [1.82, 2.24) is 9.62 Å². The summed E-state index contributed by atoms with van der Waals surface area (Å²) in [4.78, 5) is 2.26. The molecule has 0 aliphatic carbocycles. The van der Waals surface area contributed by atoms with E-state index in [1.807, 2.05) is 6.92 Å². The minimum atomic E-state index is -3.70. The van der Waals surface area contributed by atoms with Crippen molar-refractivity contribution in [1.29, 1.82) is 0 Å². The van der Waals surface area contributed by atoms with Crippen molar-refractivity contribution in [2.24, 2.45) is 0 Å². The molecule has 1 saturated heterocycles.